The SMILES string of the molecule is C.CC1(C)C=C(CS(=O)(=O)[O-])c2cc3c(C(F)(F)F)cc(=O)oc3cc2N1CCCCCC(=O)ON1C(=O)CCC1=O.CCCC.CCN. The lowest BCUT2D eigenvalue weighted by atomic mass is 9.87. The Bertz CT molecular complexity index is 1650. The Morgan fingerprint density at radius 1 is 1.02 bits per heavy atom. The number of carbonyl (C=O) groups excluding carboxylic acids is 3. The molecular weight excluding hydrogens is 671 g/mol. The van der Waals surface area contributed by atoms with E-state index in [9.17, 15) is 45.3 Å². The summed E-state index contributed by atoms with van der Waals surface area (Å²) in [6.45, 7) is 10.8. The van der Waals surface area contributed by atoms with Crippen LogP contribution >= 0.6 is 0 Å². The summed E-state index contributed by atoms with van der Waals surface area (Å²) in [4.78, 5) is 53.8. The van der Waals surface area contributed by atoms with Gasteiger partial charge >= 0.3 is 17.8 Å². The molecule has 2 amide bonds. The minimum Gasteiger partial charge on any atom is -0.748 e. The first-order chi connectivity index (χ1) is 22.3. The highest BCUT2D eigenvalue weighted by Crippen LogP contribution is 2.44. The van der Waals surface area contributed by atoms with Gasteiger partial charge in [-0.2, -0.15) is 13.2 Å². The Labute approximate surface area is 285 Å². The average molecular weight is 719 g/mol. The Hall–Kier alpha value is -3.76. The molecule has 0 spiro atoms. The maximum Gasteiger partial charge on any atom is 0.417 e. The van der Waals surface area contributed by atoms with Crippen molar-refractivity contribution in [2.75, 3.05) is 23.7 Å². The van der Waals surface area contributed by atoms with Gasteiger partial charge in [-0.3, -0.25) is 9.59 Å². The molecule has 49 heavy (non-hydrogen) atoms. The number of rotatable bonds is 10. The van der Waals surface area contributed by atoms with E-state index in [1.165, 1.54) is 25.0 Å². The predicted octanol–water partition coefficient (Wildman–Crippen LogP) is 5.91. The number of unbranched alkanes of at least 4 members (excludes halogenated alkanes) is 3. The van der Waals surface area contributed by atoms with Crippen molar-refractivity contribution in [2.24, 2.45) is 5.73 Å². The average Bonchev–Trinajstić information content (AvgIpc) is 3.28. The lowest BCUT2D eigenvalue weighted by molar-refractivity contribution is -0.197. The molecule has 1 fully saturated rings. The molecule has 1 aromatic carbocycles. The molecule has 2 aliphatic heterocycles. The van der Waals surface area contributed by atoms with Gasteiger partial charge in [0.25, 0.3) is 11.8 Å². The third-order valence-electron chi connectivity index (χ3n) is 7.32. The first-order valence-corrected chi connectivity index (χ1v) is 17.3. The van der Waals surface area contributed by atoms with Crippen LogP contribution in [0.5, 0.6) is 0 Å². The molecule has 0 aliphatic carbocycles. The maximum absolute atomic E-state index is 13.7. The van der Waals surface area contributed by atoms with Gasteiger partial charge in [0.1, 0.15) is 5.58 Å². The number of fused-ring (bicyclic) bond motifs is 2. The predicted molar refractivity (Wildman–Crippen MR) is 179 cm³/mol. The summed E-state index contributed by atoms with van der Waals surface area (Å²) in [5, 5.41) is 0.00668. The van der Waals surface area contributed by atoms with E-state index in [0.29, 0.717) is 36.9 Å². The minimum absolute atomic E-state index is 0. The molecule has 4 rings (SSSR count). The van der Waals surface area contributed by atoms with Gasteiger partial charge in [-0.05, 0) is 44.9 Å². The molecule has 12 nitrogen and oxygen atoms in total. The third-order valence-corrected chi connectivity index (χ3v) is 7.98. The van der Waals surface area contributed by atoms with Crippen LogP contribution in [-0.2, 0) is 35.5 Å². The lowest BCUT2D eigenvalue weighted by Crippen LogP contribution is -2.46. The number of nitrogens with two attached hydrogens (primary N) is 1. The van der Waals surface area contributed by atoms with Crippen molar-refractivity contribution in [3.8, 4) is 0 Å². The van der Waals surface area contributed by atoms with E-state index >= 15 is 0 Å². The second-order valence-electron chi connectivity index (χ2n) is 11.8. The summed E-state index contributed by atoms with van der Waals surface area (Å²) in [6.07, 6.45) is 0.409. The fraction of sp³-hybridized carbons (Fsp3) is 0.576. The highest BCUT2D eigenvalue weighted by Gasteiger charge is 2.37. The molecule has 0 saturated carbocycles. The smallest absolute Gasteiger partial charge is 0.417 e. The van der Waals surface area contributed by atoms with Gasteiger partial charge < -0.3 is 24.4 Å². The number of anilines is 1. The normalized spacial score (nSPS) is 15.3. The van der Waals surface area contributed by atoms with Crippen LogP contribution in [0, 0.1) is 0 Å². The molecule has 1 saturated heterocycles. The van der Waals surface area contributed by atoms with Crippen molar-refractivity contribution in [3.05, 3.63) is 45.8 Å². The van der Waals surface area contributed by atoms with Gasteiger partial charge in [-0.15, -0.1) is 5.06 Å². The second kappa shape index (κ2) is 18.3. The van der Waals surface area contributed by atoms with Crippen LogP contribution < -0.4 is 16.3 Å². The molecule has 0 atom stereocenters. The van der Waals surface area contributed by atoms with Crippen LogP contribution in [0.25, 0.3) is 16.5 Å². The largest absolute Gasteiger partial charge is 0.748 e. The molecule has 0 radical (unpaired) electrons. The summed E-state index contributed by atoms with van der Waals surface area (Å²) in [5.74, 6) is -2.87. The van der Waals surface area contributed by atoms with Crippen LogP contribution in [0.1, 0.15) is 105 Å². The Morgan fingerprint density at radius 2 is 1.59 bits per heavy atom. The van der Waals surface area contributed by atoms with Crippen LogP contribution in [0.15, 0.2) is 33.5 Å². The quantitative estimate of drug-likeness (QED) is 0.133. The van der Waals surface area contributed by atoms with Crippen LogP contribution in [0.2, 0.25) is 0 Å². The summed E-state index contributed by atoms with van der Waals surface area (Å²) < 4.78 is 81.2. The van der Waals surface area contributed by atoms with Gasteiger partial charge in [0.15, 0.2) is 0 Å². The molecule has 276 valence electrons. The molecule has 16 heteroatoms. The minimum atomic E-state index is -4.90. The zero-order valence-electron chi connectivity index (χ0n) is 27.8. The fourth-order valence-corrected chi connectivity index (χ4v) is 5.66. The second-order valence-corrected chi connectivity index (χ2v) is 13.2. The maximum atomic E-state index is 13.7. The molecule has 1 aromatic heterocycles. The Balaban J connectivity index is 0.00000137. The van der Waals surface area contributed by atoms with E-state index in [1.807, 2.05) is 6.92 Å². The van der Waals surface area contributed by atoms with Gasteiger partial charge in [0, 0.05) is 54.6 Å². The monoisotopic (exact) mass is 718 g/mol. The van der Waals surface area contributed by atoms with Crippen molar-refractivity contribution in [1.82, 2.24) is 5.06 Å². The zero-order valence-corrected chi connectivity index (χ0v) is 28.6. The van der Waals surface area contributed by atoms with E-state index in [0.717, 1.165) is 12.6 Å². The number of alkyl halides is 3. The molecule has 2 N–H and O–H groups in total. The van der Waals surface area contributed by atoms with E-state index in [4.69, 9.17) is 15.0 Å². The number of amides is 2. The highest BCUT2D eigenvalue weighted by molar-refractivity contribution is 7.86. The summed E-state index contributed by atoms with van der Waals surface area (Å²) in [7, 11) is -4.80. The molecule has 3 heterocycles. The van der Waals surface area contributed by atoms with Crippen LogP contribution in [0.4, 0.5) is 18.9 Å². The number of benzene rings is 1. The van der Waals surface area contributed by atoms with Crippen molar-refractivity contribution in [3.63, 3.8) is 0 Å². The van der Waals surface area contributed by atoms with Gasteiger partial charge in [0.2, 0.25) is 0 Å². The van der Waals surface area contributed by atoms with E-state index in [1.54, 1.807) is 18.7 Å². The number of nitrogens with zero attached hydrogens (tertiary/aromatic N) is 2. The van der Waals surface area contributed by atoms with Crippen molar-refractivity contribution in [1.29, 1.82) is 0 Å². The van der Waals surface area contributed by atoms with Gasteiger partial charge in [-0.1, -0.05) is 53.5 Å². The molecule has 0 bridgehead atoms. The van der Waals surface area contributed by atoms with Gasteiger partial charge in [0.05, 0.1) is 27.0 Å². The number of imide groups is 1. The third kappa shape index (κ3) is 12.3. The number of carbonyl (C=O) groups is 3. The molecule has 2 aliphatic rings. The first kappa shape index (κ1) is 43.3. The van der Waals surface area contributed by atoms with E-state index < -0.39 is 61.9 Å². The van der Waals surface area contributed by atoms with E-state index in [2.05, 4.69) is 13.8 Å². The molecule has 2 aromatic rings. The van der Waals surface area contributed by atoms with Crippen LogP contribution in [-0.4, -0.2) is 60.2 Å². The number of hydrogen-bond donors (Lipinski definition) is 1. The summed E-state index contributed by atoms with van der Waals surface area (Å²) in [6, 6.07) is 2.62. The fourth-order valence-electron chi connectivity index (χ4n) is 5.04. The van der Waals surface area contributed by atoms with Crippen molar-refractivity contribution in [2.45, 2.75) is 105 Å². The molecular formula is C33H47F3N3O9S-. The van der Waals surface area contributed by atoms with Gasteiger partial charge in [-0.25, -0.2) is 18.0 Å². The van der Waals surface area contributed by atoms with Crippen molar-refractivity contribution < 1.29 is 49.8 Å². The molecule has 0 unspecified atom stereocenters. The Kier molecular flexibility index (Phi) is 16.2. The first-order valence-electron chi connectivity index (χ1n) is 15.7. The zero-order chi connectivity index (χ0) is 36.4. The topological polar surface area (TPSA) is 180 Å². The number of halogens is 3. The van der Waals surface area contributed by atoms with Crippen molar-refractivity contribution >= 4 is 50.1 Å². The van der Waals surface area contributed by atoms with E-state index in [-0.39, 0.29) is 49.1 Å². The summed E-state index contributed by atoms with van der Waals surface area (Å²) in [5.41, 5.74) is 1.49. The Morgan fingerprint density at radius 3 is 2.10 bits per heavy atom. The lowest BCUT2D eigenvalue weighted by Gasteiger charge is -2.44. The standard InChI is InChI=1S/C26H27F3N2O9S.C4H10.C2H7N.CH4/c1-25(2)13-15(14-41(36,37)38)16-10-17-18(26(27,28)29)11-24(35)39-20(17)12-19(16)30(25)9-5-3-4-6-23(34)40-31-21(32)7-8-22(31)33;1-3-4-2;1-2-3;/h10-13H,3-9,14H2,1-2H3,(H,36,37,38);3-4H2,1-2H3;2-3H2,1H3;1H4/p-1. The number of hydrogen-bond acceptors (Lipinski definition) is 11. The summed E-state index contributed by atoms with van der Waals surface area (Å²) >= 11 is 0. The number of hydroxylamine groups is 2. The highest BCUT2D eigenvalue weighted by atomic mass is 32.2. The van der Waals surface area contributed by atoms with Crippen LogP contribution in [0.3, 0.4) is 0 Å².